The molecule has 4 nitrogen and oxygen atoms in total. The molecule has 0 bridgehead atoms. The summed E-state index contributed by atoms with van der Waals surface area (Å²) in [6.45, 7) is 1.59. The molecule has 1 heterocycles. The largest absolute Gasteiger partial charge is 0.391 e. The van der Waals surface area contributed by atoms with E-state index in [9.17, 15) is 5.11 Å². The molecule has 1 unspecified atom stereocenters. The van der Waals surface area contributed by atoms with Crippen LogP contribution in [0.2, 0.25) is 0 Å². The molecule has 0 aromatic carbocycles. The first-order chi connectivity index (χ1) is 5.15. The highest BCUT2D eigenvalue weighted by Gasteiger charge is 2.36. The van der Waals surface area contributed by atoms with E-state index < -0.39 is 18.3 Å². The fraction of sp³-hybridized carbons (Fsp3) is 1.00. The van der Waals surface area contributed by atoms with Crippen molar-refractivity contribution in [1.29, 1.82) is 0 Å². The second kappa shape index (κ2) is 3.49. The summed E-state index contributed by atoms with van der Waals surface area (Å²) in [4.78, 5) is 0. The molecule has 0 aromatic heterocycles. The molecule has 1 saturated heterocycles. The number of ether oxygens (including phenoxy) is 2. The molecular formula is C7H14O4. The molecule has 0 radical (unpaired) electrons. The number of hydrogen-bond donors (Lipinski definition) is 2. The highest BCUT2D eigenvalue weighted by molar-refractivity contribution is 4.81. The van der Waals surface area contributed by atoms with Crippen LogP contribution in [0.3, 0.4) is 0 Å². The van der Waals surface area contributed by atoms with Crippen LogP contribution >= 0.6 is 0 Å². The number of aliphatic hydroxyl groups is 2. The van der Waals surface area contributed by atoms with Gasteiger partial charge < -0.3 is 19.7 Å². The van der Waals surface area contributed by atoms with Crippen molar-refractivity contribution in [3.8, 4) is 0 Å². The molecule has 0 aliphatic carbocycles. The van der Waals surface area contributed by atoms with Crippen LogP contribution in [0, 0.1) is 0 Å². The van der Waals surface area contributed by atoms with Gasteiger partial charge in [-0.2, -0.15) is 0 Å². The summed E-state index contributed by atoms with van der Waals surface area (Å²) in [5.41, 5.74) is 0. The molecule has 1 rings (SSSR count). The predicted molar refractivity (Wildman–Crippen MR) is 38.0 cm³/mol. The van der Waals surface area contributed by atoms with Crippen molar-refractivity contribution < 1.29 is 19.7 Å². The molecule has 1 aliphatic rings. The Morgan fingerprint density at radius 1 is 1.64 bits per heavy atom. The minimum Gasteiger partial charge on any atom is -0.391 e. The van der Waals surface area contributed by atoms with Crippen LogP contribution < -0.4 is 0 Å². The van der Waals surface area contributed by atoms with Crippen LogP contribution in [0.25, 0.3) is 0 Å². The van der Waals surface area contributed by atoms with Gasteiger partial charge in [-0.25, -0.2) is 0 Å². The standard InChI is InChI=1S/C7H14O4/c1-4(8)7-5(9)3-6(10-2)11-7/h4-9H,3H2,1-2H3/t4-,5-,6?,7+/m0/s1. The van der Waals surface area contributed by atoms with Crippen LogP contribution in [-0.4, -0.2) is 41.9 Å². The summed E-state index contributed by atoms with van der Waals surface area (Å²) in [6.07, 6.45) is -1.69. The number of aliphatic hydroxyl groups excluding tert-OH is 2. The summed E-state index contributed by atoms with van der Waals surface area (Å²) < 4.78 is 10.0. The molecule has 0 saturated carbocycles. The number of hydrogen-bond acceptors (Lipinski definition) is 4. The van der Waals surface area contributed by atoms with E-state index in [1.165, 1.54) is 7.11 Å². The second-order valence-corrected chi connectivity index (χ2v) is 2.81. The smallest absolute Gasteiger partial charge is 0.160 e. The van der Waals surface area contributed by atoms with E-state index >= 15 is 0 Å². The first kappa shape index (κ1) is 8.93. The zero-order valence-electron chi connectivity index (χ0n) is 6.73. The van der Waals surface area contributed by atoms with Gasteiger partial charge in [0, 0.05) is 13.5 Å². The van der Waals surface area contributed by atoms with Crippen molar-refractivity contribution >= 4 is 0 Å². The third-order valence-electron chi connectivity index (χ3n) is 1.86. The van der Waals surface area contributed by atoms with Crippen LogP contribution in [-0.2, 0) is 9.47 Å². The fourth-order valence-corrected chi connectivity index (χ4v) is 1.24. The SMILES string of the molecule is COC1C[C@H](O)[C@@H]([C@H](C)O)O1. The van der Waals surface area contributed by atoms with Crippen molar-refractivity contribution in [1.82, 2.24) is 0 Å². The second-order valence-electron chi connectivity index (χ2n) is 2.81. The molecule has 1 fully saturated rings. The first-order valence-corrected chi connectivity index (χ1v) is 3.69. The van der Waals surface area contributed by atoms with Crippen molar-refractivity contribution in [2.75, 3.05) is 7.11 Å². The Bertz CT molecular complexity index is 126. The van der Waals surface area contributed by atoms with Gasteiger partial charge in [0.25, 0.3) is 0 Å². The van der Waals surface area contributed by atoms with E-state index in [0.29, 0.717) is 6.42 Å². The highest BCUT2D eigenvalue weighted by Crippen LogP contribution is 2.22. The van der Waals surface area contributed by atoms with E-state index in [-0.39, 0.29) is 6.29 Å². The van der Waals surface area contributed by atoms with E-state index in [2.05, 4.69) is 0 Å². The van der Waals surface area contributed by atoms with Gasteiger partial charge in [-0.15, -0.1) is 0 Å². The van der Waals surface area contributed by atoms with Gasteiger partial charge in [0.15, 0.2) is 6.29 Å². The molecular weight excluding hydrogens is 148 g/mol. The summed E-state index contributed by atoms with van der Waals surface area (Å²) in [5.74, 6) is 0. The predicted octanol–water partition coefficient (Wildman–Crippen LogP) is -0.510. The lowest BCUT2D eigenvalue weighted by molar-refractivity contribution is -0.141. The van der Waals surface area contributed by atoms with E-state index in [1.807, 2.05) is 0 Å². The van der Waals surface area contributed by atoms with Crippen LogP contribution in [0.4, 0.5) is 0 Å². The van der Waals surface area contributed by atoms with Crippen LogP contribution in [0.1, 0.15) is 13.3 Å². The summed E-state index contributed by atoms with van der Waals surface area (Å²) in [5, 5.41) is 18.4. The van der Waals surface area contributed by atoms with E-state index in [1.54, 1.807) is 6.92 Å². The van der Waals surface area contributed by atoms with Crippen LogP contribution in [0.15, 0.2) is 0 Å². The number of rotatable bonds is 2. The Morgan fingerprint density at radius 2 is 2.27 bits per heavy atom. The maximum atomic E-state index is 9.30. The lowest BCUT2D eigenvalue weighted by atomic mass is 10.1. The third-order valence-corrected chi connectivity index (χ3v) is 1.86. The number of methoxy groups -OCH3 is 1. The van der Waals surface area contributed by atoms with Gasteiger partial charge in [0.1, 0.15) is 6.10 Å². The molecule has 0 aromatic rings. The van der Waals surface area contributed by atoms with Gasteiger partial charge in [-0.3, -0.25) is 0 Å². The Balaban J connectivity index is 2.45. The topological polar surface area (TPSA) is 58.9 Å². The molecule has 66 valence electrons. The minimum absolute atomic E-state index is 0.371. The lowest BCUT2D eigenvalue weighted by Gasteiger charge is -2.16. The summed E-state index contributed by atoms with van der Waals surface area (Å²) >= 11 is 0. The quantitative estimate of drug-likeness (QED) is 0.574. The Hall–Kier alpha value is -0.160. The molecule has 0 spiro atoms. The van der Waals surface area contributed by atoms with Gasteiger partial charge in [0.2, 0.25) is 0 Å². The van der Waals surface area contributed by atoms with Crippen molar-refractivity contribution in [2.24, 2.45) is 0 Å². The Morgan fingerprint density at radius 3 is 2.55 bits per heavy atom. The maximum absolute atomic E-state index is 9.30. The summed E-state index contributed by atoms with van der Waals surface area (Å²) in [7, 11) is 1.52. The van der Waals surface area contributed by atoms with E-state index in [4.69, 9.17) is 14.6 Å². The zero-order valence-corrected chi connectivity index (χ0v) is 6.73. The van der Waals surface area contributed by atoms with Gasteiger partial charge in [0.05, 0.1) is 12.2 Å². The minimum atomic E-state index is -0.648. The lowest BCUT2D eigenvalue weighted by Crippen LogP contribution is -2.32. The molecule has 4 atom stereocenters. The molecule has 2 N–H and O–H groups in total. The maximum Gasteiger partial charge on any atom is 0.160 e. The van der Waals surface area contributed by atoms with Gasteiger partial charge >= 0.3 is 0 Å². The van der Waals surface area contributed by atoms with E-state index in [0.717, 1.165) is 0 Å². The molecule has 11 heavy (non-hydrogen) atoms. The third kappa shape index (κ3) is 1.90. The Kier molecular flexibility index (Phi) is 2.84. The van der Waals surface area contributed by atoms with Crippen molar-refractivity contribution in [2.45, 2.75) is 37.9 Å². The van der Waals surface area contributed by atoms with Crippen LogP contribution in [0.5, 0.6) is 0 Å². The highest BCUT2D eigenvalue weighted by atomic mass is 16.7. The average molecular weight is 162 g/mol. The monoisotopic (exact) mass is 162 g/mol. The average Bonchev–Trinajstić information content (AvgIpc) is 2.30. The van der Waals surface area contributed by atoms with Crippen molar-refractivity contribution in [3.63, 3.8) is 0 Å². The molecule has 0 amide bonds. The Labute approximate surface area is 65.7 Å². The van der Waals surface area contributed by atoms with Crippen molar-refractivity contribution in [3.05, 3.63) is 0 Å². The normalized spacial score (nSPS) is 40.9. The first-order valence-electron chi connectivity index (χ1n) is 3.69. The summed E-state index contributed by atoms with van der Waals surface area (Å²) in [6, 6.07) is 0. The molecule has 4 heteroatoms. The zero-order chi connectivity index (χ0) is 8.43. The van der Waals surface area contributed by atoms with Gasteiger partial charge in [-0.1, -0.05) is 0 Å². The van der Waals surface area contributed by atoms with Gasteiger partial charge in [-0.05, 0) is 6.92 Å². The fourth-order valence-electron chi connectivity index (χ4n) is 1.24. The molecule has 1 aliphatic heterocycles.